The van der Waals surface area contributed by atoms with Crippen molar-refractivity contribution < 1.29 is 14.7 Å². The van der Waals surface area contributed by atoms with Gasteiger partial charge in [-0.1, -0.05) is 47.6 Å². The quantitative estimate of drug-likeness (QED) is 0.458. The predicted molar refractivity (Wildman–Crippen MR) is 89.1 cm³/mol. The molecule has 0 spiro atoms. The van der Waals surface area contributed by atoms with Crippen molar-refractivity contribution in [2.45, 2.75) is 48.0 Å². The van der Waals surface area contributed by atoms with Crippen LogP contribution in [0.2, 0.25) is 5.02 Å². The molecule has 1 fully saturated rings. The van der Waals surface area contributed by atoms with E-state index >= 15 is 0 Å². The number of benzene rings is 1. The molecule has 1 aliphatic carbocycles. The van der Waals surface area contributed by atoms with Crippen molar-refractivity contribution in [3.05, 3.63) is 28.3 Å². The Morgan fingerprint density at radius 2 is 2.00 bits per heavy atom. The van der Waals surface area contributed by atoms with Crippen LogP contribution < -0.4 is 4.90 Å². The van der Waals surface area contributed by atoms with Gasteiger partial charge in [0, 0.05) is 22.5 Å². The highest BCUT2D eigenvalue weighted by atomic mass is 35.5. The summed E-state index contributed by atoms with van der Waals surface area (Å²) in [6.07, 6.45) is 4.03. The number of hydrogen-bond acceptors (Lipinski definition) is 3. The highest BCUT2D eigenvalue weighted by molar-refractivity contribution is 6.54. The Bertz CT molecular complexity index is 738. The van der Waals surface area contributed by atoms with Crippen LogP contribution in [-0.4, -0.2) is 33.3 Å². The average molecular weight is 375 g/mol. The van der Waals surface area contributed by atoms with E-state index in [1.54, 1.807) is 0 Å². The number of alkyl halides is 2. The zero-order chi connectivity index (χ0) is 16.5. The number of halogens is 3. The number of nitrogens with zero attached hydrogens (tertiary/aromatic N) is 1. The van der Waals surface area contributed by atoms with E-state index < -0.39 is 22.1 Å². The van der Waals surface area contributed by atoms with E-state index in [-0.39, 0.29) is 17.5 Å². The fourth-order valence-corrected chi connectivity index (χ4v) is 5.18. The van der Waals surface area contributed by atoms with Crippen LogP contribution >= 0.6 is 34.8 Å². The molecule has 1 N–H and O–H groups in total. The Labute approximate surface area is 148 Å². The fourth-order valence-electron chi connectivity index (χ4n) is 4.31. The van der Waals surface area contributed by atoms with Crippen LogP contribution in [0, 0.1) is 0 Å². The number of carbonyl (C=O) groups is 2. The molecule has 3 aliphatic rings. The number of aliphatic carboxylic acids is 1. The molecular formula is C16H14Cl3NO3. The maximum absolute atomic E-state index is 12.8. The molecule has 4 rings (SSSR count). The highest BCUT2D eigenvalue weighted by Gasteiger charge is 2.61. The van der Waals surface area contributed by atoms with E-state index in [9.17, 15) is 14.7 Å². The second-order valence-corrected chi connectivity index (χ2v) is 7.88. The van der Waals surface area contributed by atoms with Gasteiger partial charge in [-0.15, -0.1) is 0 Å². The Morgan fingerprint density at radius 1 is 1.30 bits per heavy atom. The minimum atomic E-state index is -2.19. The number of carbonyl (C=O) groups excluding carboxylic acids is 1. The number of carboxylic acid groups (broad SMARTS) is 1. The second-order valence-electron chi connectivity index (χ2n) is 6.44. The van der Waals surface area contributed by atoms with Crippen LogP contribution in [0.1, 0.15) is 47.5 Å². The summed E-state index contributed by atoms with van der Waals surface area (Å²) >= 11 is 18.9. The summed E-state index contributed by atoms with van der Waals surface area (Å²) < 4.78 is 0. The topological polar surface area (TPSA) is 57.6 Å². The largest absolute Gasteiger partial charge is 0.479 e. The van der Waals surface area contributed by atoms with Gasteiger partial charge in [-0.3, -0.25) is 4.79 Å². The summed E-state index contributed by atoms with van der Waals surface area (Å²) in [7, 11) is 0. The van der Waals surface area contributed by atoms with Gasteiger partial charge in [-0.25, -0.2) is 4.79 Å². The van der Waals surface area contributed by atoms with E-state index in [2.05, 4.69) is 0 Å². The van der Waals surface area contributed by atoms with Gasteiger partial charge in [0.15, 0.2) is 0 Å². The van der Waals surface area contributed by atoms with Crippen molar-refractivity contribution >= 4 is 52.2 Å². The molecule has 0 saturated heterocycles. The molecule has 1 saturated carbocycles. The molecule has 2 heterocycles. The number of fused-ring (bicyclic) bond motifs is 3. The average Bonchev–Trinajstić information content (AvgIpc) is 2.85. The van der Waals surface area contributed by atoms with Crippen LogP contribution in [0.5, 0.6) is 0 Å². The first kappa shape index (κ1) is 15.6. The van der Waals surface area contributed by atoms with Gasteiger partial charge in [0.2, 0.25) is 10.7 Å². The minimum absolute atomic E-state index is 0.0732. The molecule has 122 valence electrons. The molecule has 7 heteroatoms. The van der Waals surface area contributed by atoms with Crippen molar-refractivity contribution in [1.29, 1.82) is 0 Å². The smallest absolute Gasteiger partial charge is 0.336 e. The first-order valence-corrected chi connectivity index (χ1v) is 8.79. The summed E-state index contributed by atoms with van der Waals surface area (Å²) in [5.74, 6) is -1.88. The molecule has 1 aromatic carbocycles. The lowest BCUT2D eigenvalue weighted by atomic mass is 9.82. The van der Waals surface area contributed by atoms with E-state index in [4.69, 9.17) is 34.8 Å². The predicted octanol–water partition coefficient (Wildman–Crippen LogP) is 4.01. The number of carboxylic acids is 1. The Kier molecular flexibility index (Phi) is 3.39. The first-order chi connectivity index (χ1) is 10.9. The van der Waals surface area contributed by atoms with E-state index in [1.807, 2.05) is 11.0 Å². The van der Waals surface area contributed by atoms with E-state index in [1.165, 1.54) is 6.07 Å². The van der Waals surface area contributed by atoms with Crippen LogP contribution in [0.3, 0.4) is 0 Å². The van der Waals surface area contributed by atoms with Crippen LogP contribution in [0.25, 0.3) is 0 Å². The van der Waals surface area contributed by atoms with Crippen LogP contribution in [-0.2, 0) is 4.79 Å². The maximum Gasteiger partial charge on any atom is 0.336 e. The summed E-state index contributed by atoms with van der Waals surface area (Å²) in [5.41, 5.74) is 0.889. The number of rotatable bonds is 1. The van der Waals surface area contributed by atoms with Crippen molar-refractivity contribution in [3.8, 4) is 0 Å². The lowest BCUT2D eigenvalue weighted by molar-refractivity contribution is -0.138. The van der Waals surface area contributed by atoms with Gasteiger partial charge >= 0.3 is 5.97 Å². The van der Waals surface area contributed by atoms with Gasteiger partial charge in [0.1, 0.15) is 5.50 Å². The van der Waals surface area contributed by atoms with E-state index in [0.717, 1.165) is 36.9 Å². The lowest BCUT2D eigenvalue weighted by Crippen LogP contribution is -2.61. The number of Topliss-reactive ketones (excluding diaryl/α,β-unsaturated/α-hetero) is 1. The van der Waals surface area contributed by atoms with E-state index in [0.29, 0.717) is 5.02 Å². The van der Waals surface area contributed by atoms with Crippen molar-refractivity contribution in [3.63, 3.8) is 0 Å². The standard InChI is InChI=1S/C16H14Cl3NO3/c17-7-5-9-8-3-1-2-4-11(8)20-12(9)10(6-7)13(21)16(19,14(20)18)15(22)23/h5-6,8,11,14H,1-4H2,(H,22,23). The Morgan fingerprint density at radius 3 is 2.70 bits per heavy atom. The summed E-state index contributed by atoms with van der Waals surface area (Å²) in [6, 6.07) is 3.46. The van der Waals surface area contributed by atoms with Gasteiger partial charge in [-0.2, -0.15) is 0 Å². The number of hydrogen-bond donors (Lipinski definition) is 1. The van der Waals surface area contributed by atoms with Crippen LogP contribution in [0.15, 0.2) is 12.1 Å². The van der Waals surface area contributed by atoms with Gasteiger partial charge < -0.3 is 10.0 Å². The molecule has 0 bridgehead atoms. The molecule has 2 aliphatic heterocycles. The molecule has 4 nitrogen and oxygen atoms in total. The molecule has 1 aromatic rings. The zero-order valence-corrected chi connectivity index (χ0v) is 14.3. The van der Waals surface area contributed by atoms with Crippen LogP contribution in [0.4, 0.5) is 5.69 Å². The summed E-state index contributed by atoms with van der Waals surface area (Å²) in [6.45, 7) is 0. The normalized spacial score (nSPS) is 35.0. The van der Waals surface area contributed by atoms with Crippen molar-refractivity contribution in [2.75, 3.05) is 4.90 Å². The first-order valence-electron chi connectivity index (χ1n) is 7.60. The highest BCUT2D eigenvalue weighted by Crippen LogP contribution is 2.56. The third-order valence-electron chi connectivity index (χ3n) is 5.31. The molecule has 4 unspecified atom stereocenters. The molecule has 4 atom stereocenters. The Balaban J connectivity index is 2.00. The van der Waals surface area contributed by atoms with Gasteiger partial charge in [-0.05, 0) is 30.5 Å². The summed E-state index contributed by atoms with van der Waals surface area (Å²) in [5, 5.41) is 9.99. The number of anilines is 1. The third kappa shape index (κ3) is 1.86. The third-order valence-corrected chi connectivity index (χ3v) is 6.71. The molecule has 0 radical (unpaired) electrons. The maximum atomic E-state index is 12.8. The fraction of sp³-hybridized carbons (Fsp3) is 0.500. The lowest BCUT2D eigenvalue weighted by Gasteiger charge is -2.44. The Hall–Kier alpha value is -0.970. The molecular weight excluding hydrogens is 361 g/mol. The second kappa shape index (κ2) is 5.01. The van der Waals surface area contributed by atoms with Gasteiger partial charge in [0.25, 0.3) is 0 Å². The van der Waals surface area contributed by atoms with Crippen molar-refractivity contribution in [1.82, 2.24) is 0 Å². The molecule has 0 amide bonds. The molecule has 0 aromatic heterocycles. The zero-order valence-electron chi connectivity index (χ0n) is 12.1. The monoisotopic (exact) mass is 373 g/mol. The summed E-state index contributed by atoms with van der Waals surface area (Å²) in [4.78, 5) is 24.2. The molecule has 23 heavy (non-hydrogen) atoms. The van der Waals surface area contributed by atoms with Crippen molar-refractivity contribution in [2.24, 2.45) is 0 Å². The number of ketones is 1. The van der Waals surface area contributed by atoms with Gasteiger partial charge in [0.05, 0.1) is 5.69 Å². The minimum Gasteiger partial charge on any atom is -0.479 e. The SMILES string of the molecule is O=C(O)C1(Cl)C(=O)c2cc(Cl)cc3c2N(C2CCCCC32)C1Cl.